The first kappa shape index (κ1) is 13.9. The lowest BCUT2D eigenvalue weighted by Crippen LogP contribution is -2.51. The summed E-state index contributed by atoms with van der Waals surface area (Å²) in [4.78, 5) is 12.5. The molecule has 0 aliphatic heterocycles. The number of carbonyl (C=O) groups excluding carboxylic acids is 1. The highest BCUT2D eigenvalue weighted by atomic mass is 16.3. The quantitative estimate of drug-likeness (QED) is 0.810. The predicted octanol–water partition coefficient (Wildman–Crippen LogP) is 2.55. The largest absolute Gasteiger partial charge is 0.506 e. The Hall–Kier alpha value is -2.07. The van der Waals surface area contributed by atoms with Crippen LogP contribution in [0, 0.1) is 0 Å². The van der Waals surface area contributed by atoms with Crippen molar-refractivity contribution in [2.75, 3.05) is 6.54 Å². The van der Waals surface area contributed by atoms with Crippen molar-refractivity contribution in [2.45, 2.75) is 31.2 Å². The molecule has 1 amide bonds. The lowest BCUT2D eigenvalue weighted by molar-refractivity contribution is 0.0900. The second kappa shape index (κ2) is 5.37. The molecule has 0 bridgehead atoms. The number of hydrogen-bond donors (Lipinski definition) is 3. The van der Waals surface area contributed by atoms with Gasteiger partial charge in [-0.1, -0.05) is 43.2 Å². The first-order chi connectivity index (χ1) is 10.2. The van der Waals surface area contributed by atoms with E-state index in [1.807, 2.05) is 30.3 Å². The number of phenols is 1. The Bertz CT molecular complexity index is 676. The second-order valence-electron chi connectivity index (χ2n) is 5.83. The van der Waals surface area contributed by atoms with Gasteiger partial charge in [0, 0.05) is 11.9 Å². The van der Waals surface area contributed by atoms with Gasteiger partial charge in [0.15, 0.2) is 0 Å². The van der Waals surface area contributed by atoms with Crippen LogP contribution in [0.25, 0.3) is 10.8 Å². The van der Waals surface area contributed by atoms with Gasteiger partial charge in [0.1, 0.15) is 5.75 Å². The molecule has 0 heterocycles. The fourth-order valence-electron chi connectivity index (χ4n) is 3.18. The van der Waals surface area contributed by atoms with E-state index in [1.54, 1.807) is 6.07 Å². The Morgan fingerprint density at radius 1 is 1.19 bits per heavy atom. The van der Waals surface area contributed by atoms with E-state index in [0.717, 1.165) is 31.1 Å². The van der Waals surface area contributed by atoms with Crippen LogP contribution in [0.1, 0.15) is 36.0 Å². The minimum absolute atomic E-state index is 0.0377. The fourth-order valence-corrected chi connectivity index (χ4v) is 3.18. The predicted molar refractivity (Wildman–Crippen MR) is 83.3 cm³/mol. The number of fused-ring (bicyclic) bond motifs is 1. The minimum Gasteiger partial charge on any atom is -0.506 e. The van der Waals surface area contributed by atoms with Gasteiger partial charge in [0.25, 0.3) is 5.91 Å². The van der Waals surface area contributed by atoms with Crippen LogP contribution in [0.4, 0.5) is 0 Å². The number of nitrogens with two attached hydrogens (primary N) is 1. The van der Waals surface area contributed by atoms with Crippen molar-refractivity contribution >= 4 is 16.7 Å². The lowest BCUT2D eigenvalue weighted by atomic mass is 9.96. The van der Waals surface area contributed by atoms with E-state index in [-0.39, 0.29) is 17.2 Å². The van der Waals surface area contributed by atoms with E-state index in [1.165, 1.54) is 0 Å². The molecule has 0 atom stereocenters. The molecule has 4 heteroatoms. The number of aromatic hydroxyl groups is 1. The number of nitrogens with one attached hydrogen (secondary N) is 1. The van der Waals surface area contributed by atoms with Gasteiger partial charge in [-0.05, 0) is 24.3 Å². The third kappa shape index (κ3) is 2.47. The Morgan fingerprint density at radius 3 is 2.62 bits per heavy atom. The summed E-state index contributed by atoms with van der Waals surface area (Å²) < 4.78 is 0. The zero-order valence-electron chi connectivity index (χ0n) is 11.9. The van der Waals surface area contributed by atoms with E-state index in [2.05, 4.69) is 5.32 Å². The lowest BCUT2D eigenvalue weighted by Gasteiger charge is -2.28. The van der Waals surface area contributed by atoms with Crippen molar-refractivity contribution in [3.63, 3.8) is 0 Å². The Labute approximate surface area is 124 Å². The van der Waals surface area contributed by atoms with Crippen molar-refractivity contribution < 1.29 is 9.90 Å². The van der Waals surface area contributed by atoms with Crippen LogP contribution >= 0.6 is 0 Å². The normalized spacial score (nSPS) is 17.0. The van der Waals surface area contributed by atoms with Crippen molar-refractivity contribution in [1.29, 1.82) is 0 Å². The van der Waals surface area contributed by atoms with Gasteiger partial charge >= 0.3 is 0 Å². The maximum Gasteiger partial charge on any atom is 0.255 e. The standard InChI is InChI=1S/C17H20N2O2/c18-11-17(9-3-4-10-17)19-16(21)14-8-7-12-5-1-2-6-13(12)15(14)20/h1-2,5-8,20H,3-4,9-11,18H2,(H,19,21). The summed E-state index contributed by atoms with van der Waals surface area (Å²) in [5, 5.41) is 15.0. The Kier molecular flexibility index (Phi) is 3.55. The number of carbonyl (C=O) groups is 1. The Balaban J connectivity index is 1.93. The molecule has 1 fully saturated rings. The summed E-state index contributed by atoms with van der Waals surface area (Å²) in [6.45, 7) is 0.438. The molecular weight excluding hydrogens is 264 g/mol. The minimum atomic E-state index is -0.310. The molecule has 2 aromatic rings. The zero-order chi connectivity index (χ0) is 14.9. The highest BCUT2D eigenvalue weighted by molar-refractivity contribution is 6.03. The maximum atomic E-state index is 12.5. The van der Waals surface area contributed by atoms with E-state index < -0.39 is 0 Å². The average Bonchev–Trinajstić information content (AvgIpc) is 2.97. The second-order valence-corrected chi connectivity index (χ2v) is 5.83. The third-order valence-corrected chi connectivity index (χ3v) is 4.48. The molecule has 1 aliphatic rings. The highest BCUT2D eigenvalue weighted by Gasteiger charge is 2.34. The van der Waals surface area contributed by atoms with Gasteiger partial charge in [-0.25, -0.2) is 0 Å². The fraction of sp³-hybridized carbons (Fsp3) is 0.353. The van der Waals surface area contributed by atoms with E-state index in [0.29, 0.717) is 17.5 Å². The highest BCUT2D eigenvalue weighted by Crippen LogP contribution is 2.32. The monoisotopic (exact) mass is 284 g/mol. The molecule has 21 heavy (non-hydrogen) atoms. The summed E-state index contributed by atoms with van der Waals surface area (Å²) in [5.41, 5.74) is 5.85. The van der Waals surface area contributed by atoms with Gasteiger partial charge in [0.2, 0.25) is 0 Å². The molecule has 4 nitrogen and oxygen atoms in total. The van der Waals surface area contributed by atoms with E-state index in [9.17, 15) is 9.90 Å². The van der Waals surface area contributed by atoms with Crippen molar-refractivity contribution in [2.24, 2.45) is 5.73 Å². The molecule has 0 aromatic heterocycles. The summed E-state index contributed by atoms with van der Waals surface area (Å²) in [7, 11) is 0. The van der Waals surface area contributed by atoms with Crippen molar-refractivity contribution in [1.82, 2.24) is 5.32 Å². The van der Waals surface area contributed by atoms with Crippen LogP contribution in [-0.4, -0.2) is 23.1 Å². The molecule has 110 valence electrons. The molecule has 0 saturated heterocycles. The molecule has 1 saturated carbocycles. The molecule has 0 spiro atoms. The van der Waals surface area contributed by atoms with Crippen LogP contribution < -0.4 is 11.1 Å². The molecule has 1 aliphatic carbocycles. The number of phenolic OH excluding ortho intramolecular Hbond substituents is 1. The van der Waals surface area contributed by atoms with Gasteiger partial charge in [0.05, 0.1) is 11.1 Å². The number of rotatable bonds is 3. The summed E-state index contributed by atoms with van der Waals surface area (Å²) in [6, 6.07) is 11.0. The first-order valence-corrected chi connectivity index (χ1v) is 7.38. The smallest absolute Gasteiger partial charge is 0.255 e. The topological polar surface area (TPSA) is 75.3 Å². The molecule has 3 rings (SSSR count). The third-order valence-electron chi connectivity index (χ3n) is 4.48. The molecule has 2 aromatic carbocycles. The zero-order valence-corrected chi connectivity index (χ0v) is 11.9. The van der Waals surface area contributed by atoms with Crippen molar-refractivity contribution in [3.05, 3.63) is 42.0 Å². The van der Waals surface area contributed by atoms with Crippen LogP contribution in [0.15, 0.2) is 36.4 Å². The molecule has 0 unspecified atom stereocenters. The van der Waals surface area contributed by atoms with Crippen LogP contribution in [-0.2, 0) is 0 Å². The summed E-state index contributed by atoms with van der Waals surface area (Å²) in [5.74, 6) is -0.207. The van der Waals surface area contributed by atoms with Gasteiger partial charge in [-0.15, -0.1) is 0 Å². The SMILES string of the molecule is NCC1(NC(=O)c2ccc3ccccc3c2O)CCCC1. The van der Waals surface area contributed by atoms with Crippen LogP contribution in [0.3, 0.4) is 0 Å². The van der Waals surface area contributed by atoms with Crippen molar-refractivity contribution in [3.8, 4) is 5.75 Å². The summed E-state index contributed by atoms with van der Waals surface area (Å²) in [6.07, 6.45) is 3.98. The molecular formula is C17H20N2O2. The number of amides is 1. The van der Waals surface area contributed by atoms with E-state index in [4.69, 9.17) is 5.73 Å². The van der Waals surface area contributed by atoms with Gasteiger partial charge in [-0.3, -0.25) is 4.79 Å². The maximum absolute atomic E-state index is 12.5. The average molecular weight is 284 g/mol. The molecule has 0 radical (unpaired) electrons. The van der Waals surface area contributed by atoms with Gasteiger partial charge < -0.3 is 16.2 Å². The van der Waals surface area contributed by atoms with Gasteiger partial charge in [-0.2, -0.15) is 0 Å². The van der Waals surface area contributed by atoms with Crippen LogP contribution in [0.2, 0.25) is 0 Å². The first-order valence-electron chi connectivity index (χ1n) is 7.38. The molecule has 4 N–H and O–H groups in total. The van der Waals surface area contributed by atoms with E-state index >= 15 is 0 Å². The number of benzene rings is 2. The number of hydrogen-bond acceptors (Lipinski definition) is 3. The van der Waals surface area contributed by atoms with Crippen LogP contribution in [0.5, 0.6) is 5.75 Å². The Morgan fingerprint density at radius 2 is 1.90 bits per heavy atom. The summed E-state index contributed by atoms with van der Waals surface area (Å²) >= 11 is 0.